The molecule has 4 atom stereocenters. The number of nitrogens with one attached hydrogen (secondary N) is 4. The van der Waals surface area contributed by atoms with Gasteiger partial charge >= 0.3 is 0 Å². The molecule has 3 heterocycles. The number of fused-ring (bicyclic) bond motifs is 5. The van der Waals surface area contributed by atoms with Gasteiger partial charge in [-0.3, -0.25) is 33.3 Å². The lowest BCUT2D eigenvalue weighted by molar-refractivity contribution is -0.141. The molecule has 0 spiro atoms. The van der Waals surface area contributed by atoms with E-state index in [2.05, 4.69) is 31.2 Å². The Morgan fingerprint density at radius 2 is 1.54 bits per heavy atom. The third-order valence-corrected chi connectivity index (χ3v) is 11.1. The number of carbonyl (C=O) groups excluding carboxylic acids is 5. The Morgan fingerprint density at radius 1 is 0.910 bits per heavy atom. The summed E-state index contributed by atoms with van der Waals surface area (Å²) >= 11 is 0. The van der Waals surface area contributed by atoms with E-state index in [9.17, 15) is 28.8 Å². The molecule has 1 aliphatic heterocycles. The van der Waals surface area contributed by atoms with Crippen LogP contribution in [0.4, 0.5) is 0 Å². The predicted octanol–water partition coefficient (Wildman–Crippen LogP) is 0.716. The SMILES string of the molecule is Cc1nc(-n2ccc(C(C)(C)C)cc2=O)nc(C)c1C(=O)NC(CCN)C(=O)N(C)[C@@H]1C(=O)N[C@@H](C)C(=O)N[C@H](C(=O)NCC#N)Cc2ccc(OCCN)c(c2)-c2cc1ccc2OCCN. The number of carbonyl (C=O) groups is 5. The summed E-state index contributed by atoms with van der Waals surface area (Å²) in [5.41, 5.74) is 20.2. The molecule has 67 heavy (non-hydrogen) atoms. The number of pyridine rings is 1. The third kappa shape index (κ3) is 12.2. The highest BCUT2D eigenvalue weighted by Crippen LogP contribution is 2.40. The van der Waals surface area contributed by atoms with Gasteiger partial charge in [-0.15, -0.1) is 0 Å². The summed E-state index contributed by atoms with van der Waals surface area (Å²) < 4.78 is 13.5. The quantitative estimate of drug-likeness (QED) is 0.0809. The maximum absolute atomic E-state index is 14.7. The Morgan fingerprint density at radius 3 is 2.12 bits per heavy atom. The number of ether oxygens (including phenoxy) is 2. The van der Waals surface area contributed by atoms with Crippen molar-refractivity contribution in [3.63, 3.8) is 0 Å². The standard InChI is InChI=1S/C47H60N12O8/c1-26-39(27(2)55-46(54-26)59-19-13-31(25-38(59)60)47(4,5)6)43(63)56-34(12-14-48)45(65)58(7)40-30-9-11-37(67-21-17-51)33(24-30)32-22-29(8-10-36(32)66-20-16-50)23-35(42(62)52-18-15-49)57-41(61)28(3)53-44(40)64/h8-11,13,19,22,24-25,28,34-35,40H,12,14,16-18,20-21,23,48,50-51H2,1-7H3,(H,52,62)(H,53,64)(H,56,63)(H,57,61)/t28-,34?,35-,40-/m0/s1. The molecule has 4 aromatic rings. The lowest BCUT2D eigenvalue weighted by atomic mass is 9.88. The molecule has 0 saturated carbocycles. The van der Waals surface area contributed by atoms with Crippen molar-refractivity contribution in [3.05, 3.63) is 98.7 Å². The number of benzene rings is 2. The summed E-state index contributed by atoms with van der Waals surface area (Å²) in [6.07, 6.45) is 1.53. The van der Waals surface area contributed by atoms with Crippen LogP contribution in [-0.4, -0.2) is 114 Å². The van der Waals surface area contributed by atoms with Crippen LogP contribution in [0, 0.1) is 25.2 Å². The minimum Gasteiger partial charge on any atom is -0.492 e. The van der Waals surface area contributed by atoms with Crippen LogP contribution in [0.2, 0.25) is 0 Å². The van der Waals surface area contributed by atoms with Gasteiger partial charge in [-0.1, -0.05) is 32.9 Å². The predicted molar refractivity (Wildman–Crippen MR) is 249 cm³/mol. The van der Waals surface area contributed by atoms with E-state index >= 15 is 0 Å². The van der Waals surface area contributed by atoms with Gasteiger partial charge in [-0.2, -0.15) is 5.26 Å². The highest BCUT2D eigenvalue weighted by molar-refractivity contribution is 6.00. The number of amides is 5. The van der Waals surface area contributed by atoms with Crippen LogP contribution in [0.15, 0.2) is 59.5 Å². The lowest BCUT2D eigenvalue weighted by Crippen LogP contribution is -2.56. The minimum atomic E-state index is -1.44. The van der Waals surface area contributed by atoms with Gasteiger partial charge in [0.25, 0.3) is 11.5 Å². The zero-order chi connectivity index (χ0) is 49.2. The Balaban J connectivity index is 1.58. The van der Waals surface area contributed by atoms with Crippen molar-refractivity contribution in [1.29, 1.82) is 5.26 Å². The second-order valence-electron chi connectivity index (χ2n) is 17.1. The second-order valence-corrected chi connectivity index (χ2v) is 17.1. The molecule has 10 N–H and O–H groups in total. The molecular formula is C47H60N12O8. The fraction of sp³-hybridized carbons (Fsp3) is 0.426. The normalized spacial score (nSPS) is 16.6. The zero-order valence-corrected chi connectivity index (χ0v) is 38.9. The molecule has 0 saturated heterocycles. The molecule has 20 heteroatoms. The Kier molecular flexibility index (Phi) is 16.9. The summed E-state index contributed by atoms with van der Waals surface area (Å²) in [6, 6.07) is 10.1. The van der Waals surface area contributed by atoms with Gasteiger partial charge in [0.05, 0.1) is 23.0 Å². The molecular weight excluding hydrogens is 861 g/mol. The monoisotopic (exact) mass is 920 g/mol. The van der Waals surface area contributed by atoms with Crippen LogP contribution in [-0.2, 0) is 31.0 Å². The van der Waals surface area contributed by atoms with Crippen LogP contribution in [0.3, 0.4) is 0 Å². The summed E-state index contributed by atoms with van der Waals surface area (Å²) in [7, 11) is 1.39. The fourth-order valence-corrected chi connectivity index (χ4v) is 7.61. The molecule has 2 aromatic carbocycles. The molecule has 1 unspecified atom stereocenters. The average Bonchev–Trinajstić information content (AvgIpc) is 3.28. The maximum atomic E-state index is 14.7. The Hall–Kier alpha value is -7.21. The van der Waals surface area contributed by atoms with Crippen molar-refractivity contribution >= 4 is 29.5 Å². The van der Waals surface area contributed by atoms with Crippen molar-refractivity contribution in [2.45, 2.75) is 84.0 Å². The smallest absolute Gasteiger partial charge is 0.257 e. The lowest BCUT2D eigenvalue weighted by Gasteiger charge is -2.32. The van der Waals surface area contributed by atoms with E-state index in [-0.39, 0.29) is 91.7 Å². The number of hydrogen-bond donors (Lipinski definition) is 7. The van der Waals surface area contributed by atoms with Crippen LogP contribution < -0.4 is 53.5 Å². The number of rotatable bonds is 15. The molecule has 0 aliphatic carbocycles. The maximum Gasteiger partial charge on any atom is 0.257 e. The summed E-state index contributed by atoms with van der Waals surface area (Å²) in [4.78, 5) is 93.8. The number of aromatic nitrogens is 3. The van der Waals surface area contributed by atoms with Gasteiger partial charge in [0, 0.05) is 49.9 Å². The topological polar surface area (TPSA) is 305 Å². The molecule has 5 rings (SSSR count). The third-order valence-electron chi connectivity index (χ3n) is 11.1. The number of nitriles is 1. The van der Waals surface area contributed by atoms with Crippen molar-refractivity contribution in [1.82, 2.24) is 40.7 Å². The van der Waals surface area contributed by atoms with Crippen molar-refractivity contribution in [3.8, 4) is 34.6 Å². The largest absolute Gasteiger partial charge is 0.492 e. The molecule has 0 radical (unpaired) electrons. The van der Waals surface area contributed by atoms with Gasteiger partial charge in [-0.05, 0) is 86.2 Å². The van der Waals surface area contributed by atoms with Crippen LogP contribution in [0.5, 0.6) is 11.5 Å². The van der Waals surface area contributed by atoms with E-state index in [1.54, 1.807) is 56.4 Å². The van der Waals surface area contributed by atoms with E-state index in [1.165, 1.54) is 24.6 Å². The number of aryl methyl sites for hydroxylation is 2. The number of hydrogen-bond acceptors (Lipinski definition) is 14. The van der Waals surface area contributed by atoms with E-state index in [0.29, 0.717) is 28.2 Å². The van der Waals surface area contributed by atoms with Gasteiger partial charge in [0.2, 0.25) is 29.6 Å². The molecule has 2 aromatic heterocycles. The van der Waals surface area contributed by atoms with Crippen LogP contribution >= 0.6 is 0 Å². The van der Waals surface area contributed by atoms with Gasteiger partial charge < -0.3 is 52.8 Å². The highest BCUT2D eigenvalue weighted by atomic mass is 16.5. The summed E-state index contributed by atoms with van der Waals surface area (Å²) in [6.45, 7) is 10.8. The highest BCUT2D eigenvalue weighted by Gasteiger charge is 2.36. The first kappa shape index (κ1) is 50.8. The molecule has 5 amide bonds. The number of nitrogens with two attached hydrogens (primary N) is 3. The Bertz CT molecular complexity index is 2580. The summed E-state index contributed by atoms with van der Waals surface area (Å²) in [5, 5.41) is 19.8. The van der Waals surface area contributed by atoms with Gasteiger partial charge in [0.15, 0.2) is 0 Å². The molecule has 1 aliphatic rings. The van der Waals surface area contributed by atoms with E-state index in [0.717, 1.165) is 10.5 Å². The fourth-order valence-electron chi connectivity index (χ4n) is 7.61. The number of nitrogens with zero attached hydrogens (tertiary/aromatic N) is 5. The molecule has 0 fully saturated rings. The Labute approximate surface area is 389 Å². The van der Waals surface area contributed by atoms with Crippen molar-refractivity contribution in [2.75, 3.05) is 46.4 Å². The van der Waals surface area contributed by atoms with Gasteiger partial charge in [0.1, 0.15) is 55.4 Å². The van der Waals surface area contributed by atoms with Crippen LogP contribution in [0.25, 0.3) is 17.1 Å². The van der Waals surface area contributed by atoms with Crippen molar-refractivity contribution < 1.29 is 33.4 Å². The molecule has 4 bridgehead atoms. The van der Waals surface area contributed by atoms with E-state index < -0.39 is 53.7 Å². The number of likely N-dealkylation sites (N-methyl/N-ethyl adjacent to an activating group) is 1. The molecule has 356 valence electrons. The first-order valence-electron chi connectivity index (χ1n) is 21.9. The average molecular weight is 921 g/mol. The summed E-state index contributed by atoms with van der Waals surface area (Å²) in [5.74, 6) is -2.74. The van der Waals surface area contributed by atoms with Crippen LogP contribution in [0.1, 0.15) is 78.6 Å². The molecule has 20 nitrogen and oxygen atoms in total. The minimum absolute atomic E-state index is 0.0125. The van der Waals surface area contributed by atoms with E-state index in [4.69, 9.17) is 31.9 Å². The second kappa shape index (κ2) is 22.3. The zero-order valence-electron chi connectivity index (χ0n) is 38.9. The van der Waals surface area contributed by atoms with Gasteiger partial charge in [-0.25, -0.2) is 9.97 Å². The first-order chi connectivity index (χ1) is 31.8. The first-order valence-corrected chi connectivity index (χ1v) is 21.9. The van der Waals surface area contributed by atoms with E-state index in [1.807, 2.05) is 32.9 Å². The van der Waals surface area contributed by atoms with Crippen molar-refractivity contribution in [2.24, 2.45) is 17.2 Å².